The highest BCUT2D eigenvalue weighted by molar-refractivity contribution is 6.12. The van der Waals surface area contributed by atoms with Gasteiger partial charge in [0, 0.05) is 5.56 Å². The molecule has 0 bridgehead atoms. The first-order valence-corrected chi connectivity index (χ1v) is 6.04. The molecule has 4 nitrogen and oxygen atoms in total. The van der Waals surface area contributed by atoms with Crippen LogP contribution in [-0.2, 0) is 9.53 Å². The molecule has 0 radical (unpaired) electrons. The lowest BCUT2D eigenvalue weighted by atomic mass is 9.82. The van der Waals surface area contributed by atoms with Crippen molar-refractivity contribution in [1.82, 2.24) is 0 Å². The van der Waals surface area contributed by atoms with Crippen LogP contribution in [-0.4, -0.2) is 26.0 Å². The summed E-state index contributed by atoms with van der Waals surface area (Å²) in [6, 6.07) is 3.55. The van der Waals surface area contributed by atoms with E-state index >= 15 is 0 Å². The summed E-state index contributed by atoms with van der Waals surface area (Å²) < 4.78 is 9.90. The number of methoxy groups -OCH3 is 2. The Labute approximate surface area is 113 Å². The molecule has 0 fully saturated rings. The summed E-state index contributed by atoms with van der Waals surface area (Å²) in [4.78, 5) is 24.2. The standard InChI is InChI=1S/C15H20O4/c1-9-8-12(18-5)10(2)7-11(9)13(16)15(3,4)14(17)19-6/h7-8H,1-6H3. The maximum absolute atomic E-state index is 12.5. The van der Waals surface area contributed by atoms with Gasteiger partial charge in [-0.05, 0) is 51.0 Å². The molecule has 4 heteroatoms. The number of ether oxygens (including phenoxy) is 2. The normalized spacial score (nSPS) is 11.1. The van der Waals surface area contributed by atoms with Crippen LogP contribution < -0.4 is 4.74 Å². The molecule has 1 aromatic carbocycles. The molecule has 0 spiro atoms. The minimum atomic E-state index is -1.19. The summed E-state index contributed by atoms with van der Waals surface area (Å²) in [5.74, 6) is -0.0575. The Hall–Kier alpha value is -1.84. The third-order valence-corrected chi connectivity index (χ3v) is 3.25. The van der Waals surface area contributed by atoms with E-state index in [-0.39, 0.29) is 5.78 Å². The zero-order valence-corrected chi connectivity index (χ0v) is 12.3. The molecule has 0 aliphatic rings. The lowest BCUT2D eigenvalue weighted by molar-refractivity contribution is -0.147. The van der Waals surface area contributed by atoms with E-state index < -0.39 is 11.4 Å². The molecule has 104 valence electrons. The fourth-order valence-corrected chi connectivity index (χ4v) is 1.94. The molecule has 0 aliphatic carbocycles. The number of hydrogen-bond donors (Lipinski definition) is 0. The molecule has 1 rings (SSSR count). The highest BCUT2D eigenvalue weighted by Gasteiger charge is 2.38. The Morgan fingerprint density at radius 1 is 1.05 bits per heavy atom. The summed E-state index contributed by atoms with van der Waals surface area (Å²) in [5.41, 5.74) is 0.968. The van der Waals surface area contributed by atoms with Gasteiger partial charge in [0.25, 0.3) is 0 Å². The number of carbonyl (C=O) groups excluding carboxylic acids is 2. The van der Waals surface area contributed by atoms with Gasteiger partial charge in [-0.25, -0.2) is 0 Å². The first-order valence-electron chi connectivity index (χ1n) is 6.04. The maximum atomic E-state index is 12.5. The van der Waals surface area contributed by atoms with Crippen LogP contribution in [0.5, 0.6) is 5.75 Å². The van der Waals surface area contributed by atoms with Crippen LogP contribution >= 0.6 is 0 Å². The molecular formula is C15H20O4. The summed E-state index contributed by atoms with van der Waals surface area (Å²) in [6.07, 6.45) is 0. The van der Waals surface area contributed by atoms with Gasteiger partial charge in [-0.15, -0.1) is 0 Å². The Bertz CT molecular complexity index is 515. The average molecular weight is 264 g/mol. The van der Waals surface area contributed by atoms with Crippen molar-refractivity contribution in [3.8, 4) is 5.75 Å². The van der Waals surface area contributed by atoms with Crippen LogP contribution in [0, 0.1) is 19.3 Å². The minimum Gasteiger partial charge on any atom is -0.496 e. The second kappa shape index (κ2) is 5.43. The summed E-state index contributed by atoms with van der Waals surface area (Å²) >= 11 is 0. The van der Waals surface area contributed by atoms with Crippen molar-refractivity contribution >= 4 is 11.8 Å². The molecule has 0 aromatic heterocycles. The van der Waals surface area contributed by atoms with E-state index in [4.69, 9.17) is 4.74 Å². The number of carbonyl (C=O) groups is 2. The van der Waals surface area contributed by atoms with Gasteiger partial charge in [0.05, 0.1) is 14.2 Å². The van der Waals surface area contributed by atoms with E-state index in [2.05, 4.69) is 4.74 Å². The van der Waals surface area contributed by atoms with Crippen LogP contribution in [0.3, 0.4) is 0 Å². The number of aryl methyl sites for hydroxylation is 2. The van der Waals surface area contributed by atoms with Gasteiger partial charge in [-0.1, -0.05) is 0 Å². The monoisotopic (exact) mass is 264 g/mol. The van der Waals surface area contributed by atoms with E-state index in [0.29, 0.717) is 5.56 Å². The van der Waals surface area contributed by atoms with Crippen LogP contribution in [0.15, 0.2) is 12.1 Å². The molecule has 19 heavy (non-hydrogen) atoms. The molecule has 0 aliphatic heterocycles. The van der Waals surface area contributed by atoms with Crippen molar-refractivity contribution in [2.75, 3.05) is 14.2 Å². The van der Waals surface area contributed by atoms with Gasteiger partial charge in [0.15, 0.2) is 5.78 Å². The lowest BCUT2D eigenvalue weighted by Gasteiger charge is -2.21. The highest BCUT2D eigenvalue weighted by atomic mass is 16.5. The van der Waals surface area contributed by atoms with Crippen LogP contribution in [0.4, 0.5) is 0 Å². The molecule has 0 saturated carbocycles. The summed E-state index contributed by atoms with van der Waals surface area (Å²) in [7, 11) is 2.87. The topological polar surface area (TPSA) is 52.6 Å². The number of benzene rings is 1. The third-order valence-electron chi connectivity index (χ3n) is 3.25. The first-order chi connectivity index (χ1) is 8.75. The van der Waals surface area contributed by atoms with Gasteiger partial charge < -0.3 is 9.47 Å². The molecule has 1 aromatic rings. The van der Waals surface area contributed by atoms with Crippen molar-refractivity contribution in [1.29, 1.82) is 0 Å². The van der Waals surface area contributed by atoms with Crippen LogP contribution in [0.2, 0.25) is 0 Å². The highest BCUT2D eigenvalue weighted by Crippen LogP contribution is 2.29. The number of Topliss-reactive ketones (excluding diaryl/α,β-unsaturated/α-hetero) is 1. The molecule has 0 atom stereocenters. The second-order valence-electron chi connectivity index (χ2n) is 5.08. The van der Waals surface area contributed by atoms with E-state index in [1.54, 1.807) is 33.1 Å². The van der Waals surface area contributed by atoms with Crippen LogP contribution in [0.1, 0.15) is 35.3 Å². The number of rotatable bonds is 4. The maximum Gasteiger partial charge on any atom is 0.319 e. The van der Waals surface area contributed by atoms with Gasteiger partial charge in [-0.3, -0.25) is 9.59 Å². The van der Waals surface area contributed by atoms with Crippen molar-refractivity contribution in [2.24, 2.45) is 5.41 Å². The van der Waals surface area contributed by atoms with Gasteiger partial charge >= 0.3 is 5.97 Å². The van der Waals surface area contributed by atoms with Gasteiger partial charge in [0.1, 0.15) is 11.2 Å². The van der Waals surface area contributed by atoms with Crippen molar-refractivity contribution in [2.45, 2.75) is 27.7 Å². The molecule has 0 unspecified atom stereocenters. The molecule has 0 heterocycles. The second-order valence-corrected chi connectivity index (χ2v) is 5.08. The van der Waals surface area contributed by atoms with E-state index in [9.17, 15) is 9.59 Å². The van der Waals surface area contributed by atoms with Gasteiger partial charge in [-0.2, -0.15) is 0 Å². The molecular weight excluding hydrogens is 244 g/mol. The zero-order valence-electron chi connectivity index (χ0n) is 12.3. The Morgan fingerprint density at radius 3 is 2.11 bits per heavy atom. The molecule has 0 N–H and O–H groups in total. The smallest absolute Gasteiger partial charge is 0.319 e. The third kappa shape index (κ3) is 2.78. The zero-order chi connectivity index (χ0) is 14.8. The van der Waals surface area contributed by atoms with Gasteiger partial charge in [0.2, 0.25) is 0 Å². The van der Waals surface area contributed by atoms with Crippen molar-refractivity contribution in [3.05, 3.63) is 28.8 Å². The quantitative estimate of drug-likeness (QED) is 0.476. The Morgan fingerprint density at radius 2 is 1.63 bits per heavy atom. The number of esters is 1. The minimum absolute atomic E-state index is 0.248. The summed E-state index contributed by atoms with van der Waals surface area (Å²) in [5, 5.41) is 0. The largest absolute Gasteiger partial charge is 0.496 e. The average Bonchev–Trinajstić information content (AvgIpc) is 2.38. The molecule has 0 amide bonds. The fraction of sp³-hybridized carbons (Fsp3) is 0.467. The first kappa shape index (κ1) is 15.2. The SMILES string of the molecule is COC(=O)C(C)(C)C(=O)c1cc(C)c(OC)cc1C. The van der Waals surface area contributed by atoms with Crippen molar-refractivity contribution in [3.63, 3.8) is 0 Å². The lowest BCUT2D eigenvalue weighted by Crippen LogP contribution is -2.35. The fourth-order valence-electron chi connectivity index (χ4n) is 1.94. The predicted molar refractivity (Wildman–Crippen MR) is 72.6 cm³/mol. The van der Waals surface area contributed by atoms with E-state index in [1.807, 2.05) is 13.8 Å². The Balaban J connectivity index is 3.28. The Kier molecular flexibility index (Phi) is 4.35. The van der Waals surface area contributed by atoms with Crippen molar-refractivity contribution < 1.29 is 19.1 Å². The van der Waals surface area contributed by atoms with E-state index in [0.717, 1.165) is 16.9 Å². The number of hydrogen-bond acceptors (Lipinski definition) is 4. The summed E-state index contributed by atoms with van der Waals surface area (Å²) in [6.45, 7) is 6.82. The molecule has 0 saturated heterocycles. The van der Waals surface area contributed by atoms with Crippen LogP contribution in [0.25, 0.3) is 0 Å². The van der Waals surface area contributed by atoms with E-state index in [1.165, 1.54) is 7.11 Å². The predicted octanol–water partition coefficient (Wildman–Crippen LogP) is 2.69. The number of ketones is 1.